The minimum atomic E-state index is -0.113. The highest BCUT2D eigenvalue weighted by atomic mass is 32.1. The molecule has 0 atom stereocenters. The summed E-state index contributed by atoms with van der Waals surface area (Å²) in [7, 11) is 0. The van der Waals surface area contributed by atoms with Gasteiger partial charge in [0.15, 0.2) is 0 Å². The molecule has 10 aromatic carbocycles. The SMILES string of the molecule is CC1(C)c2ccccc2-c2ccc(-c3ccc(N(c4ccc(-c5ccccc5-c5cccc6c5C(C)(C)c5ccccc5-6)cc4)c4ccc(-c5cccc6c5sc5ccccc56)cc4)cc3)cc21. The minimum absolute atomic E-state index is 0.0520. The molecule has 0 unspecified atom stereocenters. The summed E-state index contributed by atoms with van der Waals surface area (Å²) >= 11 is 1.88. The maximum atomic E-state index is 2.41. The standard InChI is InChI=1S/C66H49NS/c1-65(2)59-24-10-7-17-52(59)54-40-33-45(41-61(54)65)42-27-34-46(35-28-42)67(48-38-31-44(32-39-48)50-20-13-23-58-55-19-9-12-26-62(55)68-64(50)58)47-36-29-43(30-37-47)49-15-5-6-16-51(49)56-21-14-22-57-53-18-8-11-25-60(53)66(3,4)63(56)57/h5-41H,1-4H3. The van der Waals surface area contributed by atoms with Crippen LogP contribution in [0.4, 0.5) is 17.1 Å². The lowest BCUT2D eigenvalue weighted by Gasteiger charge is -2.27. The summed E-state index contributed by atoms with van der Waals surface area (Å²) in [4.78, 5) is 2.40. The van der Waals surface area contributed by atoms with Crippen molar-refractivity contribution in [3.05, 3.63) is 247 Å². The van der Waals surface area contributed by atoms with Crippen molar-refractivity contribution in [2.75, 3.05) is 4.90 Å². The molecular formula is C66H49NS. The first-order valence-electron chi connectivity index (χ1n) is 23.8. The van der Waals surface area contributed by atoms with Crippen LogP contribution in [-0.4, -0.2) is 0 Å². The molecule has 13 rings (SSSR count). The second kappa shape index (κ2) is 15.4. The molecular weight excluding hydrogens is 839 g/mol. The zero-order valence-corrected chi connectivity index (χ0v) is 39.5. The Balaban J connectivity index is 0.889. The van der Waals surface area contributed by atoms with Crippen LogP contribution in [0.5, 0.6) is 0 Å². The third-order valence-corrected chi connectivity index (χ3v) is 16.3. The molecule has 0 aliphatic heterocycles. The summed E-state index contributed by atoms with van der Waals surface area (Å²) in [5, 5.41) is 2.64. The molecule has 0 bridgehead atoms. The Kier molecular flexibility index (Phi) is 9.16. The predicted octanol–water partition coefficient (Wildman–Crippen LogP) is 18.8. The second-order valence-corrected chi connectivity index (χ2v) is 20.7. The second-order valence-electron chi connectivity index (χ2n) is 19.6. The summed E-state index contributed by atoms with van der Waals surface area (Å²) in [6.07, 6.45) is 0. The Hall–Kier alpha value is -7.78. The molecule has 0 spiro atoms. The summed E-state index contributed by atoms with van der Waals surface area (Å²) < 4.78 is 2.65. The molecule has 0 saturated heterocycles. The van der Waals surface area contributed by atoms with Crippen molar-refractivity contribution in [1.29, 1.82) is 0 Å². The molecule has 68 heavy (non-hydrogen) atoms. The van der Waals surface area contributed by atoms with Gasteiger partial charge in [0.2, 0.25) is 0 Å². The summed E-state index contributed by atoms with van der Waals surface area (Å²) in [5.41, 5.74) is 24.0. The van der Waals surface area contributed by atoms with Crippen LogP contribution >= 0.6 is 11.3 Å². The largest absolute Gasteiger partial charge is 0.311 e. The monoisotopic (exact) mass is 887 g/mol. The normalized spacial score (nSPS) is 13.8. The van der Waals surface area contributed by atoms with Gasteiger partial charge in [0.25, 0.3) is 0 Å². The number of rotatable bonds is 7. The first kappa shape index (κ1) is 40.5. The van der Waals surface area contributed by atoms with E-state index in [2.05, 4.69) is 257 Å². The van der Waals surface area contributed by atoms with Crippen LogP contribution in [-0.2, 0) is 10.8 Å². The number of hydrogen-bond donors (Lipinski definition) is 0. The van der Waals surface area contributed by atoms with E-state index in [1.54, 1.807) is 0 Å². The van der Waals surface area contributed by atoms with Crippen LogP contribution in [0.15, 0.2) is 224 Å². The van der Waals surface area contributed by atoms with Crippen LogP contribution in [0.3, 0.4) is 0 Å². The molecule has 2 aliphatic rings. The number of benzene rings is 10. The van der Waals surface area contributed by atoms with Crippen molar-refractivity contribution >= 4 is 48.6 Å². The van der Waals surface area contributed by atoms with Crippen LogP contribution < -0.4 is 4.90 Å². The smallest absolute Gasteiger partial charge is 0.0462 e. The van der Waals surface area contributed by atoms with Crippen LogP contribution in [0.2, 0.25) is 0 Å². The maximum absolute atomic E-state index is 2.41. The molecule has 1 aromatic heterocycles. The predicted molar refractivity (Wildman–Crippen MR) is 291 cm³/mol. The van der Waals surface area contributed by atoms with E-state index >= 15 is 0 Å². The third-order valence-electron chi connectivity index (χ3n) is 15.1. The van der Waals surface area contributed by atoms with Crippen LogP contribution in [0.1, 0.15) is 49.9 Å². The van der Waals surface area contributed by atoms with E-state index in [9.17, 15) is 0 Å². The molecule has 0 radical (unpaired) electrons. The quantitative estimate of drug-likeness (QED) is 0.154. The highest BCUT2D eigenvalue weighted by molar-refractivity contribution is 7.26. The number of fused-ring (bicyclic) bond motifs is 9. The lowest BCUT2D eigenvalue weighted by Crippen LogP contribution is -2.16. The van der Waals surface area contributed by atoms with Gasteiger partial charge in [0, 0.05) is 48.1 Å². The van der Waals surface area contributed by atoms with Gasteiger partial charge in [0.05, 0.1) is 0 Å². The van der Waals surface area contributed by atoms with E-state index in [1.807, 2.05) is 11.3 Å². The van der Waals surface area contributed by atoms with Crippen molar-refractivity contribution in [2.45, 2.75) is 38.5 Å². The zero-order valence-electron chi connectivity index (χ0n) is 38.7. The molecule has 0 amide bonds. The fourth-order valence-corrected chi connectivity index (χ4v) is 13.0. The summed E-state index contributed by atoms with van der Waals surface area (Å²) in [6.45, 7) is 9.46. The van der Waals surface area contributed by atoms with Gasteiger partial charge in [-0.25, -0.2) is 0 Å². The van der Waals surface area contributed by atoms with Gasteiger partial charge in [-0.15, -0.1) is 11.3 Å². The van der Waals surface area contributed by atoms with Gasteiger partial charge < -0.3 is 4.90 Å². The van der Waals surface area contributed by atoms with E-state index in [4.69, 9.17) is 0 Å². The van der Waals surface area contributed by atoms with E-state index < -0.39 is 0 Å². The van der Waals surface area contributed by atoms with E-state index in [1.165, 1.54) is 109 Å². The van der Waals surface area contributed by atoms with Gasteiger partial charge in [-0.1, -0.05) is 204 Å². The molecule has 0 fully saturated rings. The average molecular weight is 888 g/mol. The average Bonchev–Trinajstić information content (AvgIpc) is 3.97. The van der Waals surface area contributed by atoms with E-state index in [0.29, 0.717) is 0 Å². The molecule has 2 heteroatoms. The van der Waals surface area contributed by atoms with Gasteiger partial charge in [0.1, 0.15) is 0 Å². The highest BCUT2D eigenvalue weighted by Gasteiger charge is 2.38. The fraction of sp³-hybridized carbons (Fsp3) is 0.0909. The number of anilines is 3. The van der Waals surface area contributed by atoms with Crippen molar-refractivity contribution in [3.63, 3.8) is 0 Å². The molecule has 11 aromatic rings. The van der Waals surface area contributed by atoms with Crippen LogP contribution in [0.25, 0.3) is 86.9 Å². The molecule has 0 saturated carbocycles. The zero-order chi connectivity index (χ0) is 45.7. The lowest BCUT2D eigenvalue weighted by molar-refractivity contribution is 0.660. The van der Waals surface area contributed by atoms with E-state index in [-0.39, 0.29) is 10.8 Å². The van der Waals surface area contributed by atoms with E-state index in [0.717, 1.165) is 17.1 Å². The van der Waals surface area contributed by atoms with Crippen molar-refractivity contribution in [2.24, 2.45) is 0 Å². The van der Waals surface area contributed by atoms with Gasteiger partial charge in [-0.3, -0.25) is 0 Å². The Morgan fingerprint density at radius 3 is 1.43 bits per heavy atom. The Bertz CT molecular complexity index is 3770. The number of nitrogens with zero attached hydrogens (tertiary/aromatic N) is 1. The first-order chi connectivity index (χ1) is 33.2. The van der Waals surface area contributed by atoms with Crippen molar-refractivity contribution in [3.8, 4) is 66.8 Å². The van der Waals surface area contributed by atoms with Crippen molar-refractivity contribution in [1.82, 2.24) is 0 Å². The Labute approximate surface area is 403 Å². The molecule has 324 valence electrons. The Morgan fingerprint density at radius 2 is 0.750 bits per heavy atom. The topological polar surface area (TPSA) is 3.24 Å². The molecule has 1 nitrogen and oxygen atoms in total. The summed E-state index contributed by atoms with van der Waals surface area (Å²) in [6, 6.07) is 83.6. The molecule has 2 aliphatic carbocycles. The summed E-state index contributed by atoms with van der Waals surface area (Å²) in [5.74, 6) is 0. The first-order valence-corrected chi connectivity index (χ1v) is 24.6. The third kappa shape index (κ3) is 6.21. The number of thiophene rings is 1. The van der Waals surface area contributed by atoms with Gasteiger partial charge in [-0.05, 0) is 138 Å². The minimum Gasteiger partial charge on any atom is -0.311 e. The molecule has 1 heterocycles. The Morgan fingerprint density at radius 1 is 0.309 bits per heavy atom. The number of hydrogen-bond acceptors (Lipinski definition) is 2. The maximum Gasteiger partial charge on any atom is 0.0462 e. The van der Waals surface area contributed by atoms with Crippen LogP contribution in [0, 0.1) is 0 Å². The lowest BCUT2D eigenvalue weighted by atomic mass is 9.78. The highest BCUT2D eigenvalue weighted by Crippen LogP contribution is 2.54. The molecule has 0 N–H and O–H groups in total. The van der Waals surface area contributed by atoms with Gasteiger partial charge in [-0.2, -0.15) is 0 Å². The fourth-order valence-electron chi connectivity index (χ4n) is 11.7. The van der Waals surface area contributed by atoms with Crippen molar-refractivity contribution < 1.29 is 0 Å². The van der Waals surface area contributed by atoms with Gasteiger partial charge >= 0.3 is 0 Å².